The van der Waals surface area contributed by atoms with Crippen molar-refractivity contribution in [3.63, 3.8) is 0 Å². The van der Waals surface area contributed by atoms with Crippen LogP contribution in [0.4, 0.5) is 0 Å². The summed E-state index contributed by atoms with van der Waals surface area (Å²) in [5.74, 6) is 0.673. The van der Waals surface area contributed by atoms with Crippen LogP contribution in [0.15, 0.2) is 77.0 Å². The van der Waals surface area contributed by atoms with Crippen molar-refractivity contribution in [1.82, 2.24) is 20.2 Å². The molecule has 0 aliphatic carbocycles. The van der Waals surface area contributed by atoms with Crippen LogP contribution in [0.1, 0.15) is 5.56 Å². The lowest BCUT2D eigenvalue weighted by Gasteiger charge is -2.10. The number of ether oxygens (including phenoxy) is 1. The molecule has 35 heavy (non-hydrogen) atoms. The van der Waals surface area contributed by atoms with Gasteiger partial charge in [0.25, 0.3) is 5.91 Å². The van der Waals surface area contributed by atoms with Crippen molar-refractivity contribution in [3.8, 4) is 28.6 Å². The van der Waals surface area contributed by atoms with E-state index in [1.807, 2.05) is 28.8 Å². The average Bonchev–Trinajstić information content (AvgIpc) is 3.28. The number of nitrogens with one attached hydrogen (secondary N) is 1. The van der Waals surface area contributed by atoms with Gasteiger partial charge in [0.1, 0.15) is 0 Å². The molecule has 4 aromatic rings. The molecule has 0 radical (unpaired) electrons. The van der Waals surface area contributed by atoms with Crippen LogP contribution < -0.4 is 10.2 Å². The molecule has 0 atom stereocenters. The van der Waals surface area contributed by atoms with E-state index in [9.17, 15) is 9.90 Å². The number of thioether (sulfide) groups is 1. The number of rotatable bonds is 8. The zero-order valence-electron chi connectivity index (χ0n) is 18.4. The Morgan fingerprint density at radius 2 is 1.77 bits per heavy atom. The van der Waals surface area contributed by atoms with Crippen LogP contribution in [0.5, 0.6) is 11.5 Å². The lowest BCUT2D eigenvalue weighted by atomic mass is 10.2. The third-order valence-corrected chi connectivity index (χ3v) is 6.19. The number of benzene rings is 3. The molecule has 11 heteroatoms. The molecule has 0 saturated heterocycles. The summed E-state index contributed by atoms with van der Waals surface area (Å²) < 4.78 is 6.91. The summed E-state index contributed by atoms with van der Waals surface area (Å²) in [7, 11) is 1.45. The number of phenolic OH excluding ortho intramolecular Hbond substituents is 1. The molecule has 0 aliphatic rings. The number of methoxy groups -OCH3 is 1. The highest BCUT2D eigenvalue weighted by atomic mass is 35.5. The minimum absolute atomic E-state index is 0.0212. The molecule has 0 fully saturated rings. The fraction of sp³-hybridized carbons (Fsp3) is 0.0833. The summed E-state index contributed by atoms with van der Waals surface area (Å²) in [6.45, 7) is 0. The van der Waals surface area contributed by atoms with Gasteiger partial charge in [0.2, 0.25) is 0 Å². The van der Waals surface area contributed by atoms with Crippen molar-refractivity contribution in [1.29, 1.82) is 0 Å². The molecule has 1 aromatic heterocycles. The Morgan fingerprint density at radius 3 is 2.46 bits per heavy atom. The third-order valence-electron chi connectivity index (χ3n) is 4.76. The average molecular weight is 528 g/mol. The van der Waals surface area contributed by atoms with Crippen LogP contribution in [-0.4, -0.2) is 44.9 Å². The summed E-state index contributed by atoms with van der Waals surface area (Å²) in [5.41, 5.74) is 4.76. The summed E-state index contributed by atoms with van der Waals surface area (Å²) in [5, 5.41) is 24.0. The Morgan fingerprint density at radius 1 is 1.09 bits per heavy atom. The first-order chi connectivity index (χ1) is 16.9. The quantitative estimate of drug-likeness (QED) is 0.185. The van der Waals surface area contributed by atoms with Crippen molar-refractivity contribution >= 4 is 47.1 Å². The van der Waals surface area contributed by atoms with Gasteiger partial charge in [0.05, 0.1) is 19.1 Å². The lowest BCUT2D eigenvalue weighted by Crippen LogP contribution is -2.20. The second kappa shape index (κ2) is 11.3. The highest BCUT2D eigenvalue weighted by molar-refractivity contribution is 7.99. The fourth-order valence-electron chi connectivity index (χ4n) is 3.09. The summed E-state index contributed by atoms with van der Waals surface area (Å²) in [4.78, 5) is 12.4. The Balaban J connectivity index is 1.49. The van der Waals surface area contributed by atoms with Crippen LogP contribution in [0.3, 0.4) is 0 Å². The third kappa shape index (κ3) is 6.13. The van der Waals surface area contributed by atoms with Gasteiger partial charge in [-0.2, -0.15) is 5.10 Å². The zero-order chi connectivity index (χ0) is 24.8. The first kappa shape index (κ1) is 24.6. The maximum atomic E-state index is 12.4. The molecule has 0 spiro atoms. The van der Waals surface area contributed by atoms with Crippen LogP contribution in [0, 0.1) is 0 Å². The first-order valence-electron chi connectivity index (χ1n) is 10.2. The van der Waals surface area contributed by atoms with E-state index in [4.69, 9.17) is 27.9 Å². The second-order valence-electron chi connectivity index (χ2n) is 7.14. The smallest absolute Gasteiger partial charge is 0.250 e. The molecule has 0 unspecified atom stereocenters. The molecule has 8 nitrogen and oxygen atoms in total. The molecule has 4 rings (SSSR count). The first-order valence-corrected chi connectivity index (χ1v) is 12.0. The van der Waals surface area contributed by atoms with Crippen molar-refractivity contribution in [2.24, 2.45) is 5.10 Å². The Bertz CT molecular complexity index is 1360. The molecular weight excluding hydrogens is 509 g/mol. The van der Waals surface area contributed by atoms with E-state index in [1.54, 1.807) is 36.4 Å². The van der Waals surface area contributed by atoms with Gasteiger partial charge in [0.15, 0.2) is 22.5 Å². The van der Waals surface area contributed by atoms with Crippen LogP contribution in [0.25, 0.3) is 17.1 Å². The normalized spacial score (nSPS) is 11.1. The molecule has 0 bridgehead atoms. The van der Waals surface area contributed by atoms with Gasteiger partial charge in [-0.1, -0.05) is 35.0 Å². The minimum atomic E-state index is -0.323. The maximum absolute atomic E-state index is 12.4. The largest absolute Gasteiger partial charge is 0.504 e. The van der Waals surface area contributed by atoms with Gasteiger partial charge in [-0.25, -0.2) is 5.43 Å². The molecule has 1 heterocycles. The monoisotopic (exact) mass is 527 g/mol. The number of hydrogen-bond donors (Lipinski definition) is 2. The number of phenols is 1. The number of nitrogens with zero attached hydrogens (tertiary/aromatic N) is 4. The number of carbonyl (C=O) groups is 1. The molecule has 0 saturated carbocycles. The van der Waals surface area contributed by atoms with Gasteiger partial charge < -0.3 is 9.84 Å². The predicted molar refractivity (Wildman–Crippen MR) is 138 cm³/mol. The Hall–Kier alpha value is -3.53. The molecule has 2 N–H and O–H groups in total. The van der Waals surface area contributed by atoms with Crippen LogP contribution in [0.2, 0.25) is 10.0 Å². The van der Waals surface area contributed by atoms with Gasteiger partial charge in [-0.15, -0.1) is 10.2 Å². The van der Waals surface area contributed by atoms with Gasteiger partial charge >= 0.3 is 0 Å². The van der Waals surface area contributed by atoms with Crippen molar-refractivity contribution in [2.45, 2.75) is 5.16 Å². The lowest BCUT2D eigenvalue weighted by molar-refractivity contribution is -0.118. The topological polar surface area (TPSA) is 102 Å². The Kier molecular flexibility index (Phi) is 7.91. The molecule has 3 aromatic carbocycles. The number of aromatic hydroxyl groups is 1. The SMILES string of the molecule is COc1cc(/C=N\NC(=O)CSc2nnc(-c3ccc(Cl)cc3)n2-c2ccc(Cl)cc2)ccc1O. The van der Waals surface area contributed by atoms with E-state index in [0.29, 0.717) is 32.3 Å². The zero-order valence-corrected chi connectivity index (χ0v) is 20.7. The van der Waals surface area contributed by atoms with E-state index in [0.717, 1.165) is 11.3 Å². The number of amides is 1. The van der Waals surface area contributed by atoms with E-state index < -0.39 is 0 Å². The number of aromatic nitrogens is 3. The highest BCUT2D eigenvalue weighted by Gasteiger charge is 2.17. The van der Waals surface area contributed by atoms with Crippen molar-refractivity contribution in [2.75, 3.05) is 12.9 Å². The van der Waals surface area contributed by atoms with E-state index >= 15 is 0 Å². The second-order valence-corrected chi connectivity index (χ2v) is 8.95. The maximum Gasteiger partial charge on any atom is 0.250 e. The van der Waals surface area contributed by atoms with Gasteiger partial charge in [-0.3, -0.25) is 9.36 Å². The van der Waals surface area contributed by atoms with Crippen molar-refractivity contribution in [3.05, 3.63) is 82.3 Å². The van der Waals surface area contributed by atoms with Crippen molar-refractivity contribution < 1.29 is 14.6 Å². The Labute approximate surface area is 215 Å². The molecule has 178 valence electrons. The van der Waals surface area contributed by atoms with Crippen LogP contribution >= 0.6 is 35.0 Å². The minimum Gasteiger partial charge on any atom is -0.504 e. The van der Waals surface area contributed by atoms with E-state index in [2.05, 4.69) is 20.7 Å². The van der Waals surface area contributed by atoms with Crippen LogP contribution in [-0.2, 0) is 4.79 Å². The highest BCUT2D eigenvalue weighted by Crippen LogP contribution is 2.29. The van der Waals surface area contributed by atoms with Gasteiger partial charge in [0, 0.05) is 21.3 Å². The molecular formula is C24H19Cl2N5O3S. The fourth-order valence-corrected chi connectivity index (χ4v) is 4.08. The van der Waals surface area contributed by atoms with Gasteiger partial charge in [-0.05, 0) is 72.3 Å². The summed E-state index contributed by atoms with van der Waals surface area (Å²) in [6, 6.07) is 19.3. The number of hydrazone groups is 1. The number of carbonyl (C=O) groups excluding carboxylic acids is 1. The summed E-state index contributed by atoms with van der Waals surface area (Å²) in [6.07, 6.45) is 1.46. The summed E-state index contributed by atoms with van der Waals surface area (Å²) >= 11 is 13.3. The van der Waals surface area contributed by atoms with E-state index in [1.165, 1.54) is 31.2 Å². The van der Waals surface area contributed by atoms with E-state index in [-0.39, 0.29) is 17.4 Å². The number of hydrogen-bond acceptors (Lipinski definition) is 7. The molecule has 0 aliphatic heterocycles. The molecule has 1 amide bonds. The number of halogens is 2. The predicted octanol–water partition coefficient (Wildman–Crippen LogP) is 5.20. The standard InChI is InChI=1S/C24H19Cl2N5O3S/c1-34-21-12-15(2-11-20(21)32)13-27-28-22(33)14-35-24-30-29-23(16-3-5-17(25)6-4-16)31(24)19-9-7-18(26)8-10-19/h2-13,32H,14H2,1H3,(H,28,33)/b27-13-.